The fourth-order valence-corrected chi connectivity index (χ4v) is 0.311. The molecule has 1 aromatic rings. The highest BCUT2D eigenvalue weighted by Gasteiger charge is 1.96. The normalized spacial score (nSPS) is 9.00. The van der Waals surface area contributed by atoms with Crippen LogP contribution >= 0.6 is 0 Å². The van der Waals surface area contributed by atoms with Crippen LogP contribution in [0.3, 0.4) is 0 Å². The van der Waals surface area contributed by atoms with Crippen molar-refractivity contribution >= 4 is 5.84 Å². The van der Waals surface area contributed by atoms with Gasteiger partial charge in [-0.15, -0.1) is 0 Å². The van der Waals surface area contributed by atoms with Crippen molar-refractivity contribution in [2.45, 2.75) is 0 Å². The molecule has 0 aromatic carbocycles. The van der Waals surface area contributed by atoms with Crippen molar-refractivity contribution in [1.82, 2.24) is 4.98 Å². The summed E-state index contributed by atoms with van der Waals surface area (Å²) in [5.41, 5.74) is 4.99. The largest absolute Gasteiger partial charge is 0.429 e. The maximum Gasteiger partial charge on any atom is 0.284 e. The van der Waals surface area contributed by atoms with Crippen LogP contribution in [0.1, 0.15) is 5.76 Å². The first-order valence-electron chi connectivity index (χ1n) is 1.97. The molecular formula is C4H4N3O. The zero-order valence-corrected chi connectivity index (χ0v) is 4.01. The van der Waals surface area contributed by atoms with Crippen LogP contribution in [0.15, 0.2) is 10.6 Å². The lowest BCUT2D eigenvalue weighted by molar-refractivity contribution is 0.538. The van der Waals surface area contributed by atoms with Gasteiger partial charge in [0.25, 0.3) is 6.39 Å². The minimum absolute atomic E-state index is 0.126. The van der Waals surface area contributed by atoms with Gasteiger partial charge in [-0.2, -0.15) is 0 Å². The van der Waals surface area contributed by atoms with Crippen LogP contribution in [0.25, 0.3) is 0 Å². The van der Waals surface area contributed by atoms with Gasteiger partial charge in [0.2, 0.25) is 0 Å². The number of nitrogens with two attached hydrogens (primary N) is 1. The third-order valence-corrected chi connectivity index (χ3v) is 0.656. The quantitative estimate of drug-likeness (QED) is 0.387. The summed E-state index contributed by atoms with van der Waals surface area (Å²) in [7, 11) is 0. The predicted molar refractivity (Wildman–Crippen MR) is 26.4 cm³/mol. The standard InChI is InChI=1S/C4H4N3O/c5-4(6)3-1-7-2-8-3/h1H,(H3,5,6). The smallest absolute Gasteiger partial charge is 0.284 e. The molecule has 0 unspecified atom stereocenters. The lowest BCUT2D eigenvalue weighted by Crippen LogP contribution is -2.09. The molecule has 0 saturated heterocycles. The van der Waals surface area contributed by atoms with Crippen molar-refractivity contribution in [3.63, 3.8) is 0 Å². The molecule has 8 heavy (non-hydrogen) atoms. The van der Waals surface area contributed by atoms with Gasteiger partial charge in [-0.3, -0.25) is 5.41 Å². The summed E-state index contributed by atoms with van der Waals surface area (Å²) in [5, 5.41) is 6.78. The Balaban J connectivity index is 2.93. The summed E-state index contributed by atoms with van der Waals surface area (Å²) in [4.78, 5) is 3.43. The molecule has 3 N–H and O–H groups in total. The van der Waals surface area contributed by atoms with Crippen LogP contribution in [0.4, 0.5) is 0 Å². The Bertz CT molecular complexity index is 179. The average molecular weight is 110 g/mol. The summed E-state index contributed by atoms with van der Waals surface area (Å²) in [6.45, 7) is 0. The first-order valence-corrected chi connectivity index (χ1v) is 1.97. The Hall–Kier alpha value is -1.32. The zero-order chi connectivity index (χ0) is 5.98. The molecule has 4 nitrogen and oxygen atoms in total. The molecule has 1 radical (unpaired) electrons. The van der Waals surface area contributed by atoms with E-state index in [1.807, 2.05) is 0 Å². The number of rotatable bonds is 1. The Morgan fingerprint density at radius 1 is 2.00 bits per heavy atom. The number of oxazole rings is 1. The van der Waals surface area contributed by atoms with Crippen molar-refractivity contribution in [1.29, 1.82) is 5.41 Å². The SMILES string of the molecule is N=C(N)c1cn[c]o1. The van der Waals surface area contributed by atoms with E-state index >= 15 is 0 Å². The van der Waals surface area contributed by atoms with Gasteiger partial charge in [-0.25, -0.2) is 4.98 Å². The molecule has 0 amide bonds. The number of nitrogen functional groups attached to an aromatic ring is 1. The Kier molecular flexibility index (Phi) is 0.997. The van der Waals surface area contributed by atoms with Crippen LogP contribution in [-0.2, 0) is 0 Å². The van der Waals surface area contributed by atoms with Crippen molar-refractivity contribution in [2.24, 2.45) is 5.73 Å². The highest BCUT2D eigenvalue weighted by molar-refractivity contribution is 5.91. The second-order valence-corrected chi connectivity index (χ2v) is 1.23. The molecular weight excluding hydrogens is 106 g/mol. The Labute approximate surface area is 45.8 Å². The summed E-state index contributed by atoms with van der Waals surface area (Å²) < 4.78 is 4.51. The van der Waals surface area contributed by atoms with Crippen LogP contribution in [-0.4, -0.2) is 10.8 Å². The van der Waals surface area contributed by atoms with E-state index in [-0.39, 0.29) is 11.6 Å². The predicted octanol–water partition coefficient (Wildman–Crippen LogP) is -0.241. The number of nitrogens with zero attached hydrogens (tertiary/aromatic N) is 1. The topological polar surface area (TPSA) is 75.9 Å². The zero-order valence-electron chi connectivity index (χ0n) is 4.01. The molecule has 0 saturated carbocycles. The summed E-state index contributed by atoms with van der Waals surface area (Å²) in [6, 6.07) is 0. The molecule has 4 heteroatoms. The molecule has 0 aliphatic rings. The molecule has 0 fully saturated rings. The van der Waals surface area contributed by atoms with Gasteiger partial charge in [0.05, 0.1) is 6.20 Å². The first-order chi connectivity index (χ1) is 3.80. The molecule has 0 bridgehead atoms. The molecule has 1 heterocycles. The van der Waals surface area contributed by atoms with Crippen LogP contribution < -0.4 is 5.73 Å². The van der Waals surface area contributed by atoms with Crippen LogP contribution in [0.5, 0.6) is 0 Å². The van der Waals surface area contributed by atoms with Gasteiger partial charge in [0.1, 0.15) is 0 Å². The summed E-state index contributed by atoms with van der Waals surface area (Å²) >= 11 is 0. The number of nitrogens with one attached hydrogen (secondary N) is 1. The van der Waals surface area contributed by atoms with Gasteiger partial charge in [0.15, 0.2) is 11.6 Å². The van der Waals surface area contributed by atoms with Crippen LogP contribution in [0.2, 0.25) is 0 Å². The van der Waals surface area contributed by atoms with Crippen molar-refractivity contribution in [2.75, 3.05) is 0 Å². The highest BCUT2D eigenvalue weighted by Crippen LogP contribution is 1.91. The van der Waals surface area contributed by atoms with Gasteiger partial charge < -0.3 is 10.2 Å². The van der Waals surface area contributed by atoms with E-state index in [2.05, 4.69) is 15.8 Å². The van der Waals surface area contributed by atoms with E-state index in [0.717, 1.165) is 0 Å². The maximum atomic E-state index is 6.78. The number of aromatic nitrogens is 1. The van der Waals surface area contributed by atoms with E-state index in [9.17, 15) is 0 Å². The first kappa shape index (κ1) is 4.83. The van der Waals surface area contributed by atoms with Crippen molar-refractivity contribution in [3.05, 3.63) is 18.4 Å². The van der Waals surface area contributed by atoms with E-state index in [4.69, 9.17) is 11.1 Å². The molecule has 41 valence electrons. The number of hydrogen-bond acceptors (Lipinski definition) is 3. The maximum absolute atomic E-state index is 6.78. The van der Waals surface area contributed by atoms with Crippen molar-refractivity contribution in [3.8, 4) is 0 Å². The molecule has 1 aromatic heterocycles. The number of amidine groups is 1. The van der Waals surface area contributed by atoms with E-state index in [1.165, 1.54) is 6.20 Å². The van der Waals surface area contributed by atoms with Gasteiger partial charge in [0, 0.05) is 0 Å². The second-order valence-electron chi connectivity index (χ2n) is 1.23. The molecule has 0 atom stereocenters. The lowest BCUT2D eigenvalue weighted by Gasteiger charge is -1.82. The lowest BCUT2D eigenvalue weighted by atomic mass is 10.5. The van der Waals surface area contributed by atoms with Gasteiger partial charge in [-0.05, 0) is 0 Å². The van der Waals surface area contributed by atoms with Gasteiger partial charge in [-0.1, -0.05) is 0 Å². The highest BCUT2D eigenvalue weighted by atomic mass is 16.3. The number of hydrogen-bond donors (Lipinski definition) is 2. The monoisotopic (exact) mass is 110 g/mol. The van der Waals surface area contributed by atoms with E-state index in [1.54, 1.807) is 0 Å². The molecule has 0 aliphatic carbocycles. The minimum Gasteiger partial charge on any atom is -0.429 e. The van der Waals surface area contributed by atoms with E-state index < -0.39 is 0 Å². The van der Waals surface area contributed by atoms with Gasteiger partial charge >= 0.3 is 0 Å². The minimum atomic E-state index is -0.126. The summed E-state index contributed by atoms with van der Waals surface area (Å²) in [6.07, 6.45) is 3.50. The van der Waals surface area contributed by atoms with Crippen LogP contribution in [0, 0.1) is 11.8 Å². The molecule has 0 spiro atoms. The average Bonchev–Trinajstić information content (AvgIpc) is 2.12. The fourth-order valence-electron chi connectivity index (χ4n) is 0.311. The fraction of sp³-hybridized carbons (Fsp3) is 0. The third-order valence-electron chi connectivity index (χ3n) is 0.656. The van der Waals surface area contributed by atoms with E-state index in [0.29, 0.717) is 0 Å². The third kappa shape index (κ3) is 0.676. The molecule has 0 aliphatic heterocycles. The Morgan fingerprint density at radius 2 is 2.75 bits per heavy atom. The van der Waals surface area contributed by atoms with Crippen molar-refractivity contribution < 1.29 is 4.42 Å². The second kappa shape index (κ2) is 1.65. The Morgan fingerprint density at radius 3 is 3.00 bits per heavy atom. The summed E-state index contributed by atoms with van der Waals surface area (Å²) in [5.74, 6) is 0.128. The molecule has 1 rings (SSSR count).